The van der Waals surface area contributed by atoms with E-state index in [4.69, 9.17) is 0 Å². The molecule has 0 unspecified atom stereocenters. The zero-order chi connectivity index (χ0) is 19.2. The zero-order valence-electron chi connectivity index (χ0n) is 15.0. The number of thiazole rings is 1. The van der Waals surface area contributed by atoms with Crippen molar-refractivity contribution in [3.63, 3.8) is 0 Å². The van der Waals surface area contributed by atoms with Gasteiger partial charge < -0.3 is 4.57 Å². The lowest BCUT2D eigenvalue weighted by Gasteiger charge is -2.18. The summed E-state index contributed by atoms with van der Waals surface area (Å²) in [6.07, 6.45) is 1.22. The fourth-order valence-corrected chi connectivity index (χ4v) is 4.97. The van der Waals surface area contributed by atoms with Crippen molar-refractivity contribution in [3.8, 4) is 6.07 Å². The number of fused-ring (bicyclic) bond motifs is 3. The molecular formula is C18H19N5O2S2. The van der Waals surface area contributed by atoms with Gasteiger partial charge in [-0.05, 0) is 30.2 Å². The maximum absolute atomic E-state index is 12.2. The first-order chi connectivity index (χ1) is 12.9. The molecule has 0 aliphatic heterocycles. The quantitative estimate of drug-likeness (QED) is 0.707. The van der Waals surface area contributed by atoms with E-state index in [1.54, 1.807) is 11.3 Å². The van der Waals surface area contributed by atoms with Crippen molar-refractivity contribution in [2.24, 2.45) is 0 Å². The average molecular weight is 402 g/mol. The smallest absolute Gasteiger partial charge is 0.279 e. The molecule has 0 saturated carbocycles. The van der Waals surface area contributed by atoms with Crippen LogP contribution < -0.4 is 4.72 Å². The fourth-order valence-electron chi connectivity index (χ4n) is 3.62. The van der Waals surface area contributed by atoms with E-state index in [-0.39, 0.29) is 6.04 Å². The average Bonchev–Trinajstić information content (AvgIpc) is 3.33. The van der Waals surface area contributed by atoms with Gasteiger partial charge >= 0.3 is 0 Å². The Bertz CT molecular complexity index is 1140. The van der Waals surface area contributed by atoms with Crippen LogP contribution in [0, 0.1) is 11.3 Å². The second-order valence-corrected chi connectivity index (χ2v) is 9.48. The largest absolute Gasteiger partial charge is 0.338 e. The number of hydrogen-bond donors (Lipinski definition) is 1. The lowest BCUT2D eigenvalue weighted by Crippen LogP contribution is -2.42. The van der Waals surface area contributed by atoms with Gasteiger partial charge in [-0.3, -0.25) is 0 Å². The normalized spacial score (nSPS) is 16.7. The lowest BCUT2D eigenvalue weighted by atomic mass is 10.1. The molecule has 0 amide bonds. The predicted octanol–water partition coefficient (Wildman–Crippen LogP) is 1.88. The zero-order valence-corrected chi connectivity index (χ0v) is 16.6. The van der Waals surface area contributed by atoms with Crippen LogP contribution in [0.25, 0.3) is 10.9 Å². The summed E-state index contributed by atoms with van der Waals surface area (Å²) in [5.41, 5.74) is 6.67. The van der Waals surface area contributed by atoms with E-state index in [2.05, 4.69) is 20.3 Å². The molecular weight excluding hydrogens is 382 g/mol. The van der Waals surface area contributed by atoms with Gasteiger partial charge in [0, 0.05) is 48.5 Å². The van der Waals surface area contributed by atoms with Gasteiger partial charge in [-0.15, -0.1) is 11.3 Å². The Morgan fingerprint density at radius 2 is 2.22 bits per heavy atom. The molecule has 1 N–H and O–H groups in total. The molecule has 1 aromatic carbocycles. The minimum Gasteiger partial charge on any atom is -0.338 e. The Labute approximate surface area is 162 Å². The summed E-state index contributed by atoms with van der Waals surface area (Å²) in [6, 6.07) is 7.68. The molecule has 2 heterocycles. The van der Waals surface area contributed by atoms with E-state index in [1.165, 1.54) is 18.4 Å². The molecule has 140 valence electrons. The molecule has 1 atom stereocenters. The number of aromatic nitrogens is 2. The van der Waals surface area contributed by atoms with Crippen LogP contribution in [0.3, 0.4) is 0 Å². The van der Waals surface area contributed by atoms with Crippen molar-refractivity contribution in [3.05, 3.63) is 51.6 Å². The second kappa shape index (κ2) is 6.73. The Hall–Kier alpha value is -2.25. The molecule has 0 fully saturated rings. The highest BCUT2D eigenvalue weighted by Gasteiger charge is 2.31. The van der Waals surface area contributed by atoms with Crippen LogP contribution in [-0.4, -0.2) is 42.4 Å². The van der Waals surface area contributed by atoms with Crippen LogP contribution in [-0.2, 0) is 29.6 Å². The summed E-state index contributed by atoms with van der Waals surface area (Å²) >= 11 is 1.55. The maximum atomic E-state index is 12.2. The van der Waals surface area contributed by atoms with Gasteiger partial charge in [-0.25, -0.2) is 4.98 Å². The van der Waals surface area contributed by atoms with Crippen LogP contribution in [0.15, 0.2) is 29.1 Å². The van der Waals surface area contributed by atoms with Crippen molar-refractivity contribution >= 4 is 32.4 Å². The van der Waals surface area contributed by atoms with Crippen molar-refractivity contribution in [2.75, 3.05) is 14.1 Å². The molecule has 1 aliphatic carbocycles. The van der Waals surface area contributed by atoms with E-state index in [0.29, 0.717) is 24.9 Å². The Morgan fingerprint density at radius 1 is 1.41 bits per heavy atom. The summed E-state index contributed by atoms with van der Waals surface area (Å²) < 4.78 is 30.6. The van der Waals surface area contributed by atoms with E-state index in [1.807, 2.05) is 29.1 Å². The van der Waals surface area contributed by atoms with E-state index >= 15 is 0 Å². The SMILES string of the molecule is CN(C)S(=O)(=O)N[C@@H]1Cc2c(n(Cc3cscn3)c3ccc(C#N)cc23)C1. The molecule has 9 heteroatoms. The van der Waals surface area contributed by atoms with E-state index in [0.717, 1.165) is 27.9 Å². The molecule has 0 saturated heterocycles. The molecule has 27 heavy (non-hydrogen) atoms. The number of benzene rings is 1. The number of rotatable bonds is 5. The van der Waals surface area contributed by atoms with Crippen molar-refractivity contribution < 1.29 is 8.42 Å². The Kier molecular flexibility index (Phi) is 4.52. The van der Waals surface area contributed by atoms with Gasteiger partial charge in [0.25, 0.3) is 10.2 Å². The van der Waals surface area contributed by atoms with E-state index in [9.17, 15) is 13.7 Å². The van der Waals surface area contributed by atoms with Crippen LogP contribution in [0.5, 0.6) is 0 Å². The van der Waals surface area contributed by atoms with Crippen LogP contribution in [0.2, 0.25) is 0 Å². The fraction of sp³-hybridized carbons (Fsp3) is 0.333. The summed E-state index contributed by atoms with van der Waals surface area (Å²) in [5, 5.41) is 12.3. The third kappa shape index (κ3) is 3.26. The molecule has 0 radical (unpaired) electrons. The molecule has 3 aromatic rings. The maximum Gasteiger partial charge on any atom is 0.279 e. The van der Waals surface area contributed by atoms with Gasteiger partial charge in [0.2, 0.25) is 0 Å². The minimum atomic E-state index is -3.50. The highest BCUT2D eigenvalue weighted by atomic mass is 32.2. The van der Waals surface area contributed by atoms with Crippen LogP contribution in [0.1, 0.15) is 22.5 Å². The second-order valence-electron chi connectivity index (χ2n) is 6.85. The van der Waals surface area contributed by atoms with Gasteiger partial charge in [0.05, 0.1) is 29.4 Å². The summed E-state index contributed by atoms with van der Waals surface area (Å²) in [5.74, 6) is 0. The number of nitriles is 1. The topological polar surface area (TPSA) is 91.0 Å². The van der Waals surface area contributed by atoms with Crippen LogP contribution >= 0.6 is 11.3 Å². The molecule has 2 aromatic heterocycles. The summed E-state index contributed by atoms with van der Waals surface area (Å²) in [7, 11) is -0.464. The van der Waals surface area contributed by atoms with Crippen LogP contribution in [0.4, 0.5) is 0 Å². The van der Waals surface area contributed by atoms with Crippen molar-refractivity contribution in [1.29, 1.82) is 5.26 Å². The third-order valence-electron chi connectivity index (χ3n) is 4.91. The lowest BCUT2D eigenvalue weighted by molar-refractivity contribution is 0.487. The molecule has 7 nitrogen and oxygen atoms in total. The molecule has 4 rings (SSSR count). The number of nitrogens with zero attached hydrogens (tertiary/aromatic N) is 4. The standard InChI is InChI=1S/C18H19N5O2S2/c1-22(2)27(24,25)21-13-6-16-15-5-12(8-19)3-4-17(15)23(18(16)7-13)9-14-10-26-11-20-14/h3-5,10-11,13,21H,6-7,9H2,1-2H3/t13-/m1/s1. The first-order valence-corrected chi connectivity index (χ1v) is 10.9. The van der Waals surface area contributed by atoms with Gasteiger partial charge in [0.1, 0.15) is 0 Å². The first kappa shape index (κ1) is 18.1. The van der Waals surface area contributed by atoms with Gasteiger partial charge in [-0.2, -0.15) is 22.7 Å². The highest BCUT2D eigenvalue weighted by molar-refractivity contribution is 7.87. The van der Waals surface area contributed by atoms with Gasteiger partial charge in [-0.1, -0.05) is 0 Å². The molecule has 1 aliphatic rings. The highest BCUT2D eigenvalue weighted by Crippen LogP contribution is 2.34. The van der Waals surface area contributed by atoms with Crippen molar-refractivity contribution in [1.82, 2.24) is 18.6 Å². The third-order valence-corrected chi connectivity index (χ3v) is 7.13. The minimum absolute atomic E-state index is 0.195. The summed E-state index contributed by atoms with van der Waals surface area (Å²) in [4.78, 5) is 4.39. The van der Waals surface area contributed by atoms with E-state index < -0.39 is 10.2 Å². The Morgan fingerprint density at radius 3 is 2.89 bits per heavy atom. The number of nitrogens with one attached hydrogen (secondary N) is 1. The number of hydrogen-bond acceptors (Lipinski definition) is 5. The Balaban J connectivity index is 1.76. The van der Waals surface area contributed by atoms with Crippen molar-refractivity contribution in [2.45, 2.75) is 25.4 Å². The molecule has 0 bridgehead atoms. The molecule has 0 spiro atoms. The predicted molar refractivity (Wildman–Crippen MR) is 105 cm³/mol. The summed E-state index contributed by atoms with van der Waals surface area (Å²) in [6.45, 7) is 0.633. The first-order valence-electron chi connectivity index (χ1n) is 8.50. The van der Waals surface area contributed by atoms with Gasteiger partial charge in [0.15, 0.2) is 0 Å². The monoisotopic (exact) mass is 401 g/mol.